The standard InChI is InChI=1S/C24H23F3N4O3/c1-2-19-23(32)16(28)10-20(34-19)12-8-9-29-11-18(12)31-24(33)17-7-6-15(27)22(30-17)21-13(25)4-3-5-14(21)26/h3-9,11,16,19-20,23,32H,2,10,28H2,1H3,(H,31,33)/t16-,19-,20-,23+/m0/s1. The van der Waals surface area contributed by atoms with Crippen LogP contribution in [0.15, 0.2) is 48.8 Å². The number of ether oxygens (including phenoxy) is 1. The molecule has 0 aliphatic carbocycles. The summed E-state index contributed by atoms with van der Waals surface area (Å²) in [5.41, 5.74) is 5.45. The van der Waals surface area contributed by atoms with Gasteiger partial charge in [-0.15, -0.1) is 0 Å². The van der Waals surface area contributed by atoms with Gasteiger partial charge in [-0.3, -0.25) is 9.78 Å². The van der Waals surface area contributed by atoms with Crippen molar-refractivity contribution in [3.63, 3.8) is 0 Å². The Labute approximate surface area is 193 Å². The smallest absolute Gasteiger partial charge is 0.274 e. The summed E-state index contributed by atoms with van der Waals surface area (Å²) in [5, 5.41) is 12.9. The summed E-state index contributed by atoms with van der Waals surface area (Å²) in [6.07, 6.45) is 2.02. The van der Waals surface area contributed by atoms with Gasteiger partial charge in [0.25, 0.3) is 5.91 Å². The summed E-state index contributed by atoms with van der Waals surface area (Å²) in [7, 11) is 0. The van der Waals surface area contributed by atoms with Crippen LogP contribution in [0.25, 0.3) is 11.3 Å². The number of pyridine rings is 2. The molecule has 34 heavy (non-hydrogen) atoms. The first-order valence-electron chi connectivity index (χ1n) is 10.8. The lowest BCUT2D eigenvalue weighted by molar-refractivity contribution is -0.128. The van der Waals surface area contributed by atoms with Gasteiger partial charge in [0.15, 0.2) is 0 Å². The van der Waals surface area contributed by atoms with E-state index in [0.29, 0.717) is 24.1 Å². The molecular weight excluding hydrogens is 449 g/mol. The number of hydrogen-bond donors (Lipinski definition) is 3. The average Bonchev–Trinajstić information content (AvgIpc) is 2.82. The molecule has 178 valence electrons. The van der Waals surface area contributed by atoms with Gasteiger partial charge in [-0.2, -0.15) is 0 Å². The lowest BCUT2D eigenvalue weighted by Crippen LogP contribution is -2.49. The molecule has 10 heteroatoms. The molecule has 1 aromatic carbocycles. The van der Waals surface area contributed by atoms with E-state index in [1.165, 1.54) is 12.4 Å². The second-order valence-electron chi connectivity index (χ2n) is 8.00. The Hall–Kier alpha value is -3.34. The molecule has 7 nitrogen and oxygen atoms in total. The van der Waals surface area contributed by atoms with Gasteiger partial charge in [0.2, 0.25) is 0 Å². The van der Waals surface area contributed by atoms with Crippen molar-refractivity contribution in [2.24, 2.45) is 5.73 Å². The lowest BCUT2D eigenvalue weighted by Gasteiger charge is -2.38. The van der Waals surface area contributed by atoms with Crippen molar-refractivity contribution in [1.82, 2.24) is 9.97 Å². The first-order valence-corrected chi connectivity index (χ1v) is 10.8. The molecule has 4 atom stereocenters. The van der Waals surface area contributed by atoms with Crippen LogP contribution in [0.5, 0.6) is 0 Å². The summed E-state index contributed by atoms with van der Waals surface area (Å²) < 4.78 is 48.7. The zero-order chi connectivity index (χ0) is 24.4. The van der Waals surface area contributed by atoms with Gasteiger partial charge >= 0.3 is 0 Å². The second-order valence-corrected chi connectivity index (χ2v) is 8.00. The highest BCUT2D eigenvalue weighted by molar-refractivity contribution is 6.03. The highest BCUT2D eigenvalue weighted by Crippen LogP contribution is 2.35. The lowest BCUT2D eigenvalue weighted by atomic mass is 9.91. The number of amides is 1. The summed E-state index contributed by atoms with van der Waals surface area (Å²) in [5.74, 6) is -3.72. The molecule has 3 aromatic rings. The first-order chi connectivity index (χ1) is 16.3. The Balaban J connectivity index is 1.63. The highest BCUT2D eigenvalue weighted by atomic mass is 19.1. The SMILES string of the molecule is CC[C@@H]1O[C@H](c2ccncc2NC(=O)c2ccc(F)c(-c3c(F)cccc3F)n2)C[C@H](N)[C@H]1O. The number of aliphatic hydroxyl groups is 1. The maximum absolute atomic E-state index is 14.4. The molecule has 4 N–H and O–H groups in total. The molecule has 0 saturated carbocycles. The van der Waals surface area contributed by atoms with Crippen LogP contribution in [0.4, 0.5) is 18.9 Å². The molecule has 1 saturated heterocycles. The molecule has 4 rings (SSSR count). The summed E-state index contributed by atoms with van der Waals surface area (Å²) in [6, 6.07) is 6.28. The predicted molar refractivity (Wildman–Crippen MR) is 118 cm³/mol. The maximum Gasteiger partial charge on any atom is 0.274 e. The number of nitrogens with two attached hydrogens (primary N) is 1. The summed E-state index contributed by atoms with van der Waals surface area (Å²) in [6.45, 7) is 1.87. The zero-order valence-corrected chi connectivity index (χ0v) is 18.2. The van der Waals surface area contributed by atoms with E-state index in [1.54, 1.807) is 6.07 Å². The Kier molecular flexibility index (Phi) is 6.92. The second kappa shape index (κ2) is 9.88. The van der Waals surface area contributed by atoms with Crippen LogP contribution >= 0.6 is 0 Å². The van der Waals surface area contributed by atoms with Crippen molar-refractivity contribution in [2.75, 3.05) is 5.32 Å². The third kappa shape index (κ3) is 4.65. The predicted octanol–water partition coefficient (Wildman–Crippen LogP) is 3.74. The van der Waals surface area contributed by atoms with E-state index < -0.39 is 59.0 Å². The molecule has 0 radical (unpaired) electrons. The Bertz CT molecular complexity index is 1190. The molecule has 0 unspecified atom stereocenters. The maximum atomic E-state index is 14.4. The Morgan fingerprint density at radius 1 is 1.18 bits per heavy atom. The zero-order valence-electron chi connectivity index (χ0n) is 18.2. The van der Waals surface area contributed by atoms with E-state index in [0.717, 1.165) is 30.3 Å². The molecule has 0 bridgehead atoms. The van der Waals surface area contributed by atoms with Crippen LogP contribution < -0.4 is 11.1 Å². The minimum Gasteiger partial charge on any atom is -0.389 e. The van der Waals surface area contributed by atoms with Crippen molar-refractivity contribution in [3.8, 4) is 11.3 Å². The number of aromatic nitrogens is 2. The third-order valence-corrected chi connectivity index (χ3v) is 5.78. The monoisotopic (exact) mass is 472 g/mol. The molecule has 1 aliphatic rings. The first kappa shape index (κ1) is 23.8. The van der Waals surface area contributed by atoms with E-state index in [4.69, 9.17) is 10.5 Å². The van der Waals surface area contributed by atoms with E-state index in [-0.39, 0.29) is 5.69 Å². The topological polar surface area (TPSA) is 110 Å². The highest BCUT2D eigenvalue weighted by Gasteiger charge is 2.36. The fourth-order valence-electron chi connectivity index (χ4n) is 3.99. The summed E-state index contributed by atoms with van der Waals surface area (Å²) >= 11 is 0. The molecular formula is C24H23F3N4O3. The quantitative estimate of drug-likeness (QED) is 0.522. The van der Waals surface area contributed by atoms with E-state index in [9.17, 15) is 23.1 Å². The van der Waals surface area contributed by atoms with E-state index >= 15 is 0 Å². The number of anilines is 1. The minimum absolute atomic E-state index is 0.253. The van der Waals surface area contributed by atoms with E-state index in [2.05, 4.69) is 15.3 Å². The fourth-order valence-corrected chi connectivity index (χ4v) is 3.99. The molecule has 0 spiro atoms. The van der Waals surface area contributed by atoms with Crippen LogP contribution in [-0.2, 0) is 4.74 Å². The van der Waals surface area contributed by atoms with Gasteiger partial charge in [-0.1, -0.05) is 13.0 Å². The molecule has 3 heterocycles. The van der Waals surface area contributed by atoms with Gasteiger partial charge in [0.05, 0.1) is 35.8 Å². The Morgan fingerprint density at radius 2 is 1.91 bits per heavy atom. The Morgan fingerprint density at radius 3 is 2.62 bits per heavy atom. The van der Waals surface area contributed by atoms with E-state index in [1.807, 2.05) is 6.92 Å². The van der Waals surface area contributed by atoms with Crippen molar-refractivity contribution in [2.45, 2.75) is 44.1 Å². The third-order valence-electron chi connectivity index (χ3n) is 5.78. The number of rotatable bonds is 5. The van der Waals surface area contributed by atoms with Crippen molar-refractivity contribution >= 4 is 11.6 Å². The molecule has 2 aromatic heterocycles. The van der Waals surface area contributed by atoms with Crippen LogP contribution in [-0.4, -0.2) is 39.2 Å². The number of carbonyl (C=O) groups excluding carboxylic acids is 1. The molecule has 1 amide bonds. The van der Waals surface area contributed by atoms with Gasteiger partial charge in [0, 0.05) is 17.8 Å². The van der Waals surface area contributed by atoms with Crippen LogP contribution in [0.3, 0.4) is 0 Å². The number of benzene rings is 1. The van der Waals surface area contributed by atoms with Crippen molar-refractivity contribution in [1.29, 1.82) is 0 Å². The number of aliphatic hydroxyl groups excluding tert-OH is 1. The molecule has 1 aliphatic heterocycles. The number of hydrogen-bond acceptors (Lipinski definition) is 6. The number of nitrogens with one attached hydrogen (secondary N) is 1. The van der Waals surface area contributed by atoms with Gasteiger partial charge in [-0.05, 0) is 43.2 Å². The van der Waals surface area contributed by atoms with Crippen LogP contribution in [0.1, 0.15) is 41.9 Å². The fraction of sp³-hybridized carbons (Fsp3) is 0.292. The number of halogens is 3. The largest absolute Gasteiger partial charge is 0.389 e. The average molecular weight is 472 g/mol. The van der Waals surface area contributed by atoms with Crippen molar-refractivity contribution in [3.05, 3.63) is 77.5 Å². The minimum atomic E-state index is -1.00. The molecule has 1 fully saturated rings. The van der Waals surface area contributed by atoms with Gasteiger partial charge in [-0.25, -0.2) is 18.2 Å². The van der Waals surface area contributed by atoms with Crippen LogP contribution in [0.2, 0.25) is 0 Å². The number of nitrogens with zero attached hydrogens (tertiary/aromatic N) is 2. The van der Waals surface area contributed by atoms with Gasteiger partial charge in [0.1, 0.15) is 28.8 Å². The number of carbonyl (C=O) groups is 1. The normalized spacial score (nSPS) is 22.4. The van der Waals surface area contributed by atoms with Crippen LogP contribution in [0, 0.1) is 17.5 Å². The van der Waals surface area contributed by atoms with Crippen molar-refractivity contribution < 1.29 is 27.8 Å². The summed E-state index contributed by atoms with van der Waals surface area (Å²) in [4.78, 5) is 20.8. The van der Waals surface area contributed by atoms with Gasteiger partial charge < -0.3 is 20.9 Å².